The van der Waals surface area contributed by atoms with E-state index in [9.17, 15) is 4.21 Å². The van der Waals surface area contributed by atoms with Crippen LogP contribution in [-0.4, -0.2) is 32.8 Å². The van der Waals surface area contributed by atoms with Crippen LogP contribution in [0, 0.1) is 5.92 Å². The maximum absolute atomic E-state index is 10.3. The molecule has 1 atom stereocenters. The topological polar surface area (TPSA) is 52.6 Å². The molecule has 1 unspecified atom stereocenters. The summed E-state index contributed by atoms with van der Waals surface area (Å²) in [5.41, 5.74) is 0. The van der Waals surface area contributed by atoms with Crippen molar-refractivity contribution in [2.24, 2.45) is 5.92 Å². The maximum atomic E-state index is 10.3. The Morgan fingerprint density at radius 3 is 2.69 bits per heavy atom. The minimum atomic E-state index is -1.86. The zero-order valence-electron chi connectivity index (χ0n) is 7.41. The summed E-state index contributed by atoms with van der Waals surface area (Å²) < 4.78 is 23.0. The molecule has 4 nitrogen and oxygen atoms in total. The zero-order chi connectivity index (χ0) is 9.68. The molecule has 1 aliphatic rings. The van der Waals surface area contributed by atoms with Crippen LogP contribution in [0.3, 0.4) is 0 Å². The van der Waals surface area contributed by atoms with Gasteiger partial charge in [0, 0.05) is 19.6 Å². The minimum Gasteiger partial charge on any atom is -0.294 e. The molecule has 0 aromatic rings. The molecule has 2 N–H and O–H groups in total. The van der Waals surface area contributed by atoms with E-state index in [0.29, 0.717) is 12.5 Å². The number of nitrogens with one attached hydrogen (secondary N) is 1. The molecular formula is C7H15ClN2O2S. The van der Waals surface area contributed by atoms with Crippen LogP contribution < -0.4 is 4.72 Å². The van der Waals surface area contributed by atoms with Gasteiger partial charge in [-0.3, -0.25) is 4.55 Å². The van der Waals surface area contributed by atoms with E-state index < -0.39 is 11.3 Å². The number of nitrogens with zero attached hydrogens (tertiary/aromatic N) is 1. The van der Waals surface area contributed by atoms with Crippen LogP contribution in [0.4, 0.5) is 0 Å². The van der Waals surface area contributed by atoms with Gasteiger partial charge in [0.2, 0.25) is 11.3 Å². The van der Waals surface area contributed by atoms with Gasteiger partial charge in [-0.1, -0.05) is 0 Å². The molecule has 1 aliphatic heterocycles. The minimum absolute atomic E-state index is 0.607. The van der Waals surface area contributed by atoms with Crippen LogP contribution in [-0.2, 0) is 11.3 Å². The third-order valence-electron chi connectivity index (χ3n) is 2.34. The summed E-state index contributed by atoms with van der Waals surface area (Å²) in [4.78, 5) is 0. The standard InChI is InChI=1S/C7H15ClN2O2S/c8-10-5-2-7(3-6-10)1-4-9-13(11)12/h7,9H,1-6H2,(H,11,12). The van der Waals surface area contributed by atoms with Gasteiger partial charge in [0.1, 0.15) is 0 Å². The molecule has 0 spiro atoms. The molecule has 1 heterocycles. The van der Waals surface area contributed by atoms with E-state index in [1.54, 1.807) is 4.42 Å². The predicted octanol–water partition coefficient (Wildman–Crippen LogP) is 0.969. The van der Waals surface area contributed by atoms with Crippen LogP contribution in [0.5, 0.6) is 0 Å². The lowest BCUT2D eigenvalue weighted by atomic mass is 9.95. The van der Waals surface area contributed by atoms with Gasteiger partial charge in [-0.2, -0.15) is 0 Å². The number of piperidine rings is 1. The Bertz CT molecular complexity index is 174. The van der Waals surface area contributed by atoms with Crippen LogP contribution in [0.25, 0.3) is 0 Å². The number of hydrogen-bond acceptors (Lipinski definition) is 2. The molecule has 13 heavy (non-hydrogen) atoms. The van der Waals surface area contributed by atoms with Gasteiger partial charge in [0.15, 0.2) is 0 Å². The molecule has 0 aromatic carbocycles. The Labute approximate surface area is 86.2 Å². The van der Waals surface area contributed by atoms with Crippen molar-refractivity contribution >= 4 is 23.0 Å². The van der Waals surface area contributed by atoms with Crippen molar-refractivity contribution in [2.45, 2.75) is 19.3 Å². The lowest BCUT2D eigenvalue weighted by Gasteiger charge is -2.26. The summed E-state index contributed by atoms with van der Waals surface area (Å²) in [6.07, 6.45) is 3.13. The van der Waals surface area contributed by atoms with Gasteiger partial charge in [0.05, 0.1) is 0 Å². The fraction of sp³-hybridized carbons (Fsp3) is 1.00. The van der Waals surface area contributed by atoms with Crippen LogP contribution in [0.1, 0.15) is 19.3 Å². The van der Waals surface area contributed by atoms with E-state index in [2.05, 4.69) is 4.72 Å². The summed E-state index contributed by atoms with van der Waals surface area (Å²) in [6.45, 7) is 2.46. The predicted molar refractivity (Wildman–Crippen MR) is 53.5 cm³/mol. The Balaban J connectivity index is 2.05. The molecule has 0 saturated carbocycles. The van der Waals surface area contributed by atoms with E-state index >= 15 is 0 Å². The fourth-order valence-corrected chi connectivity index (χ4v) is 2.03. The summed E-state index contributed by atoms with van der Waals surface area (Å²) >= 11 is 3.93. The molecule has 0 aliphatic carbocycles. The van der Waals surface area contributed by atoms with Crippen LogP contribution >= 0.6 is 11.8 Å². The third kappa shape index (κ3) is 4.93. The Kier molecular flexibility index (Phi) is 5.20. The summed E-state index contributed by atoms with van der Waals surface area (Å²) in [6, 6.07) is 0. The SMILES string of the molecule is O=S(O)NCCC1CCN(Cl)CC1. The van der Waals surface area contributed by atoms with Crippen molar-refractivity contribution in [1.82, 2.24) is 9.14 Å². The van der Waals surface area contributed by atoms with Gasteiger partial charge in [-0.05, 0) is 37.0 Å². The summed E-state index contributed by atoms with van der Waals surface area (Å²) in [5, 5.41) is 0. The van der Waals surface area contributed by atoms with Gasteiger partial charge < -0.3 is 0 Å². The Morgan fingerprint density at radius 1 is 1.54 bits per heavy atom. The molecule has 78 valence electrons. The van der Waals surface area contributed by atoms with Crippen molar-refractivity contribution in [3.63, 3.8) is 0 Å². The Hall–Kier alpha value is 0.320. The molecular weight excluding hydrogens is 212 g/mol. The highest BCUT2D eigenvalue weighted by molar-refractivity contribution is 7.77. The first-order valence-corrected chi connectivity index (χ1v) is 5.88. The molecule has 6 heteroatoms. The molecule has 0 aromatic heterocycles. The zero-order valence-corrected chi connectivity index (χ0v) is 8.98. The molecule has 0 radical (unpaired) electrons. The second kappa shape index (κ2) is 5.93. The van der Waals surface area contributed by atoms with Crippen molar-refractivity contribution < 1.29 is 8.76 Å². The second-order valence-electron chi connectivity index (χ2n) is 3.29. The first-order chi connectivity index (χ1) is 6.18. The van der Waals surface area contributed by atoms with Gasteiger partial charge in [-0.15, -0.1) is 0 Å². The lowest BCUT2D eigenvalue weighted by Crippen LogP contribution is -2.28. The highest BCUT2D eigenvalue weighted by atomic mass is 35.5. The summed E-state index contributed by atoms with van der Waals surface area (Å²) in [5.74, 6) is 0.644. The molecule has 0 amide bonds. The first-order valence-electron chi connectivity index (χ1n) is 4.43. The third-order valence-corrected chi connectivity index (χ3v) is 3.13. The number of halogens is 1. The smallest absolute Gasteiger partial charge is 0.231 e. The van der Waals surface area contributed by atoms with Gasteiger partial charge >= 0.3 is 0 Å². The highest BCUT2D eigenvalue weighted by Gasteiger charge is 2.17. The number of rotatable bonds is 4. The van der Waals surface area contributed by atoms with E-state index in [1.165, 1.54) is 0 Å². The van der Waals surface area contributed by atoms with E-state index in [1.807, 2.05) is 0 Å². The maximum Gasteiger partial charge on any atom is 0.231 e. The van der Waals surface area contributed by atoms with Crippen LogP contribution in [0.2, 0.25) is 0 Å². The molecule has 1 saturated heterocycles. The fourth-order valence-electron chi connectivity index (χ4n) is 1.54. The van der Waals surface area contributed by atoms with Crippen molar-refractivity contribution in [2.75, 3.05) is 19.6 Å². The van der Waals surface area contributed by atoms with Crippen molar-refractivity contribution in [3.05, 3.63) is 0 Å². The first kappa shape index (κ1) is 11.4. The van der Waals surface area contributed by atoms with Gasteiger partial charge in [0.25, 0.3) is 0 Å². The van der Waals surface area contributed by atoms with E-state index in [0.717, 1.165) is 32.4 Å². The van der Waals surface area contributed by atoms with Crippen molar-refractivity contribution in [1.29, 1.82) is 0 Å². The average Bonchev–Trinajstić information content (AvgIpc) is 2.08. The highest BCUT2D eigenvalue weighted by Crippen LogP contribution is 2.20. The average molecular weight is 227 g/mol. The monoisotopic (exact) mass is 226 g/mol. The lowest BCUT2D eigenvalue weighted by molar-refractivity contribution is 0.273. The van der Waals surface area contributed by atoms with Gasteiger partial charge in [-0.25, -0.2) is 13.3 Å². The molecule has 1 fully saturated rings. The molecule has 1 rings (SSSR count). The van der Waals surface area contributed by atoms with E-state index in [4.69, 9.17) is 16.3 Å². The second-order valence-corrected chi connectivity index (χ2v) is 4.55. The largest absolute Gasteiger partial charge is 0.294 e. The molecule has 0 bridgehead atoms. The quantitative estimate of drug-likeness (QED) is 0.555. The normalized spacial score (nSPS) is 23.2. The van der Waals surface area contributed by atoms with E-state index in [-0.39, 0.29) is 0 Å². The van der Waals surface area contributed by atoms with Crippen molar-refractivity contribution in [3.8, 4) is 0 Å². The Morgan fingerprint density at radius 2 is 2.15 bits per heavy atom. The summed E-state index contributed by atoms with van der Waals surface area (Å²) in [7, 11) is 0. The number of hydrogen-bond donors (Lipinski definition) is 2. The van der Waals surface area contributed by atoms with Crippen LogP contribution in [0.15, 0.2) is 0 Å².